The van der Waals surface area contributed by atoms with Crippen molar-refractivity contribution in [1.29, 1.82) is 5.26 Å². The molecular weight excluding hydrogens is 248 g/mol. The highest BCUT2D eigenvalue weighted by Crippen LogP contribution is 2.29. The molecule has 0 aromatic carbocycles. The Hall–Kier alpha value is -1.60. The Morgan fingerprint density at radius 3 is 2.95 bits per heavy atom. The van der Waals surface area contributed by atoms with E-state index in [1.807, 2.05) is 27.0 Å². The van der Waals surface area contributed by atoms with Crippen molar-refractivity contribution in [2.45, 2.75) is 45.6 Å². The van der Waals surface area contributed by atoms with Gasteiger partial charge in [-0.3, -0.25) is 0 Å². The van der Waals surface area contributed by atoms with Crippen molar-refractivity contribution in [2.24, 2.45) is 0 Å². The van der Waals surface area contributed by atoms with E-state index < -0.39 is 0 Å². The largest absolute Gasteiger partial charge is 0.352 e. The molecule has 4 heteroatoms. The first-order chi connectivity index (χ1) is 9.67. The van der Waals surface area contributed by atoms with Crippen LogP contribution in [0.2, 0.25) is 0 Å². The van der Waals surface area contributed by atoms with E-state index in [0.717, 1.165) is 42.1 Å². The fourth-order valence-electron chi connectivity index (χ4n) is 3.05. The highest BCUT2D eigenvalue weighted by molar-refractivity contribution is 5.58. The second kappa shape index (κ2) is 6.71. The Kier molecular flexibility index (Phi) is 4.97. The van der Waals surface area contributed by atoms with Crippen LogP contribution >= 0.6 is 0 Å². The summed E-state index contributed by atoms with van der Waals surface area (Å²) < 4.78 is 0. The topological polar surface area (TPSA) is 52.0 Å². The minimum atomic E-state index is 0.497. The van der Waals surface area contributed by atoms with Crippen LogP contribution in [-0.2, 0) is 0 Å². The van der Waals surface area contributed by atoms with Crippen LogP contribution < -0.4 is 10.2 Å². The molecule has 1 unspecified atom stereocenters. The van der Waals surface area contributed by atoms with Gasteiger partial charge in [0.1, 0.15) is 11.9 Å². The molecule has 0 saturated carbocycles. The van der Waals surface area contributed by atoms with Crippen LogP contribution in [0.15, 0.2) is 6.07 Å². The van der Waals surface area contributed by atoms with Crippen LogP contribution in [0.1, 0.15) is 42.5 Å². The van der Waals surface area contributed by atoms with E-state index in [1.165, 1.54) is 19.3 Å². The molecule has 0 spiro atoms. The van der Waals surface area contributed by atoms with Gasteiger partial charge in [0.25, 0.3) is 0 Å². The molecule has 108 valence electrons. The zero-order chi connectivity index (χ0) is 14.5. The third-order valence-corrected chi connectivity index (χ3v) is 4.06. The van der Waals surface area contributed by atoms with Gasteiger partial charge in [0.15, 0.2) is 0 Å². The molecule has 1 aromatic rings. The predicted octanol–water partition coefficient (Wildman–Crippen LogP) is 2.54. The van der Waals surface area contributed by atoms with Crippen molar-refractivity contribution < 1.29 is 0 Å². The Bertz CT molecular complexity index is 504. The number of pyridine rings is 1. The van der Waals surface area contributed by atoms with Crippen molar-refractivity contribution in [1.82, 2.24) is 10.3 Å². The average Bonchev–Trinajstić information content (AvgIpc) is 2.44. The summed E-state index contributed by atoms with van der Waals surface area (Å²) in [6.45, 7) is 6.03. The number of nitrogens with zero attached hydrogens (tertiary/aromatic N) is 3. The zero-order valence-corrected chi connectivity index (χ0v) is 12.7. The van der Waals surface area contributed by atoms with Gasteiger partial charge in [-0.2, -0.15) is 5.26 Å². The highest BCUT2D eigenvalue weighted by Gasteiger charge is 2.26. The number of aryl methyl sites for hydroxylation is 2. The molecule has 0 radical (unpaired) electrons. The number of rotatable bonds is 4. The van der Waals surface area contributed by atoms with Crippen LogP contribution in [0.4, 0.5) is 5.82 Å². The first-order valence-corrected chi connectivity index (χ1v) is 7.47. The second-order valence-electron chi connectivity index (χ2n) is 5.63. The highest BCUT2D eigenvalue weighted by atomic mass is 15.2. The summed E-state index contributed by atoms with van der Waals surface area (Å²) >= 11 is 0. The molecule has 2 rings (SSSR count). The van der Waals surface area contributed by atoms with E-state index in [2.05, 4.69) is 21.3 Å². The van der Waals surface area contributed by atoms with Gasteiger partial charge in [-0.15, -0.1) is 0 Å². The summed E-state index contributed by atoms with van der Waals surface area (Å²) in [5.74, 6) is 0.894. The molecule has 4 nitrogen and oxygen atoms in total. The van der Waals surface area contributed by atoms with Gasteiger partial charge in [-0.1, -0.05) is 0 Å². The van der Waals surface area contributed by atoms with Crippen molar-refractivity contribution >= 4 is 5.82 Å². The maximum absolute atomic E-state index is 9.45. The Morgan fingerprint density at radius 1 is 1.45 bits per heavy atom. The minimum absolute atomic E-state index is 0.497. The van der Waals surface area contributed by atoms with Crippen LogP contribution in [0, 0.1) is 25.2 Å². The lowest BCUT2D eigenvalue weighted by molar-refractivity contribution is 0.430. The standard InChI is InChI=1S/C16H24N4/c1-12-10-13(2)19-16(15(12)11-17)20-9-5-4-6-14(20)7-8-18-3/h10,14,18H,4-9H2,1-3H3. The van der Waals surface area contributed by atoms with Gasteiger partial charge in [-0.25, -0.2) is 4.98 Å². The summed E-state index contributed by atoms with van der Waals surface area (Å²) in [5.41, 5.74) is 2.77. The first kappa shape index (κ1) is 14.8. The molecule has 1 fully saturated rings. The van der Waals surface area contributed by atoms with Crippen molar-refractivity contribution in [3.05, 3.63) is 22.9 Å². The Balaban J connectivity index is 2.34. The Labute approximate surface area is 121 Å². The van der Waals surface area contributed by atoms with E-state index in [9.17, 15) is 5.26 Å². The summed E-state index contributed by atoms with van der Waals surface area (Å²) in [6.07, 6.45) is 4.77. The van der Waals surface area contributed by atoms with Gasteiger partial charge in [-0.05, 0) is 64.8 Å². The minimum Gasteiger partial charge on any atom is -0.352 e. The van der Waals surface area contributed by atoms with E-state index >= 15 is 0 Å². The lowest BCUT2D eigenvalue weighted by Crippen LogP contribution is -2.42. The van der Waals surface area contributed by atoms with Crippen molar-refractivity contribution in [3.8, 4) is 6.07 Å². The number of hydrogen-bond donors (Lipinski definition) is 1. The third-order valence-electron chi connectivity index (χ3n) is 4.06. The molecule has 1 aromatic heterocycles. The number of piperidine rings is 1. The molecule has 1 aliphatic rings. The lowest BCUT2D eigenvalue weighted by atomic mass is 9.98. The zero-order valence-electron chi connectivity index (χ0n) is 12.7. The molecule has 0 bridgehead atoms. The number of aromatic nitrogens is 1. The number of nitriles is 1. The Morgan fingerprint density at radius 2 is 2.25 bits per heavy atom. The quantitative estimate of drug-likeness (QED) is 0.915. The molecule has 20 heavy (non-hydrogen) atoms. The first-order valence-electron chi connectivity index (χ1n) is 7.47. The van der Waals surface area contributed by atoms with E-state index in [0.29, 0.717) is 6.04 Å². The summed E-state index contributed by atoms with van der Waals surface area (Å²) in [5, 5.41) is 12.7. The second-order valence-corrected chi connectivity index (χ2v) is 5.63. The maximum atomic E-state index is 9.45. The molecule has 1 aliphatic heterocycles. The van der Waals surface area contributed by atoms with E-state index in [-0.39, 0.29) is 0 Å². The van der Waals surface area contributed by atoms with Gasteiger partial charge >= 0.3 is 0 Å². The molecule has 2 heterocycles. The lowest BCUT2D eigenvalue weighted by Gasteiger charge is -2.37. The van der Waals surface area contributed by atoms with Crippen LogP contribution in [-0.4, -0.2) is 31.2 Å². The van der Waals surface area contributed by atoms with Crippen LogP contribution in [0.3, 0.4) is 0 Å². The fourth-order valence-corrected chi connectivity index (χ4v) is 3.05. The fraction of sp³-hybridized carbons (Fsp3) is 0.625. The van der Waals surface area contributed by atoms with Gasteiger partial charge in [0.2, 0.25) is 0 Å². The van der Waals surface area contributed by atoms with Gasteiger partial charge < -0.3 is 10.2 Å². The number of hydrogen-bond acceptors (Lipinski definition) is 4. The molecular formula is C16H24N4. The normalized spacial score (nSPS) is 18.9. The summed E-state index contributed by atoms with van der Waals surface area (Å²) in [6, 6.07) is 4.84. The SMILES string of the molecule is CNCCC1CCCCN1c1nc(C)cc(C)c1C#N. The van der Waals surface area contributed by atoms with E-state index in [4.69, 9.17) is 0 Å². The predicted molar refractivity (Wildman–Crippen MR) is 82.0 cm³/mol. The van der Waals surface area contributed by atoms with Crippen LogP contribution in [0.5, 0.6) is 0 Å². The molecule has 0 amide bonds. The molecule has 1 saturated heterocycles. The molecule has 1 N–H and O–H groups in total. The molecule has 0 aliphatic carbocycles. The van der Waals surface area contributed by atoms with Gasteiger partial charge in [0, 0.05) is 18.3 Å². The van der Waals surface area contributed by atoms with E-state index in [1.54, 1.807) is 0 Å². The monoisotopic (exact) mass is 272 g/mol. The number of nitrogens with one attached hydrogen (secondary N) is 1. The molecule has 1 atom stereocenters. The smallest absolute Gasteiger partial charge is 0.147 e. The van der Waals surface area contributed by atoms with Crippen LogP contribution in [0.25, 0.3) is 0 Å². The average molecular weight is 272 g/mol. The number of anilines is 1. The summed E-state index contributed by atoms with van der Waals surface area (Å²) in [7, 11) is 1.99. The van der Waals surface area contributed by atoms with Crippen molar-refractivity contribution in [2.75, 3.05) is 25.0 Å². The summed E-state index contributed by atoms with van der Waals surface area (Å²) in [4.78, 5) is 7.03. The third kappa shape index (κ3) is 3.10. The maximum Gasteiger partial charge on any atom is 0.147 e. The van der Waals surface area contributed by atoms with Gasteiger partial charge in [0.05, 0.1) is 5.56 Å². The van der Waals surface area contributed by atoms with Crippen molar-refractivity contribution in [3.63, 3.8) is 0 Å².